The molecule has 0 atom stereocenters. The number of hydrogen-bond acceptors (Lipinski definition) is 4. The van der Waals surface area contributed by atoms with Crippen molar-refractivity contribution in [3.63, 3.8) is 0 Å². The van der Waals surface area contributed by atoms with Crippen molar-refractivity contribution in [2.45, 2.75) is 25.2 Å². The summed E-state index contributed by atoms with van der Waals surface area (Å²) in [6.07, 6.45) is 0.936. The number of anilines is 2. The van der Waals surface area contributed by atoms with E-state index in [-0.39, 0.29) is 4.90 Å². The molecule has 2 aromatic rings. The van der Waals surface area contributed by atoms with E-state index in [4.69, 9.17) is 0 Å². The SMILES string of the molecule is Cc1n[nH]c(C)c1S(=O)(=O)Nc1ccc2c(c1)CCN2C. The van der Waals surface area contributed by atoms with Gasteiger partial charge >= 0.3 is 0 Å². The largest absolute Gasteiger partial charge is 0.374 e. The zero-order chi connectivity index (χ0) is 15.2. The van der Waals surface area contributed by atoms with Crippen LogP contribution in [0.5, 0.6) is 0 Å². The Bertz CT molecular complexity index is 776. The fourth-order valence-electron chi connectivity index (χ4n) is 2.77. The number of H-pyrrole nitrogens is 1. The molecule has 2 heterocycles. The molecule has 0 radical (unpaired) electrons. The Hall–Kier alpha value is -2.02. The van der Waals surface area contributed by atoms with Gasteiger partial charge in [-0.15, -0.1) is 0 Å². The first kappa shape index (κ1) is 13.9. The molecule has 0 unspecified atom stereocenters. The molecule has 2 N–H and O–H groups in total. The molecule has 1 aliphatic heterocycles. The minimum atomic E-state index is -3.62. The maximum Gasteiger partial charge on any atom is 0.265 e. The van der Waals surface area contributed by atoms with Crippen LogP contribution in [0.4, 0.5) is 11.4 Å². The second-order valence-corrected chi connectivity index (χ2v) is 7.00. The summed E-state index contributed by atoms with van der Waals surface area (Å²) in [7, 11) is -1.58. The lowest BCUT2D eigenvalue weighted by Crippen LogP contribution is -2.15. The second-order valence-electron chi connectivity index (χ2n) is 5.38. The van der Waals surface area contributed by atoms with Gasteiger partial charge in [0.2, 0.25) is 0 Å². The Morgan fingerprint density at radius 2 is 2.10 bits per heavy atom. The van der Waals surface area contributed by atoms with Gasteiger partial charge in [-0.2, -0.15) is 5.10 Å². The highest BCUT2D eigenvalue weighted by Crippen LogP contribution is 2.30. The summed E-state index contributed by atoms with van der Waals surface area (Å²) in [6, 6.07) is 5.65. The maximum atomic E-state index is 12.5. The van der Waals surface area contributed by atoms with Crippen molar-refractivity contribution in [3.8, 4) is 0 Å². The lowest BCUT2D eigenvalue weighted by molar-refractivity contribution is 0.600. The molecule has 0 saturated heterocycles. The number of fused-ring (bicyclic) bond motifs is 1. The molecule has 0 spiro atoms. The van der Waals surface area contributed by atoms with Crippen molar-refractivity contribution < 1.29 is 8.42 Å². The van der Waals surface area contributed by atoms with E-state index >= 15 is 0 Å². The maximum absolute atomic E-state index is 12.5. The summed E-state index contributed by atoms with van der Waals surface area (Å²) >= 11 is 0. The topological polar surface area (TPSA) is 78.1 Å². The zero-order valence-corrected chi connectivity index (χ0v) is 13.1. The minimum Gasteiger partial charge on any atom is -0.374 e. The molecule has 1 aliphatic rings. The molecule has 0 aliphatic carbocycles. The number of hydrogen-bond donors (Lipinski definition) is 2. The van der Waals surface area contributed by atoms with Gasteiger partial charge in [0.25, 0.3) is 10.0 Å². The number of aromatic amines is 1. The van der Waals surface area contributed by atoms with E-state index in [1.54, 1.807) is 19.9 Å². The molecule has 0 saturated carbocycles. The van der Waals surface area contributed by atoms with E-state index in [1.807, 2.05) is 19.2 Å². The van der Waals surface area contributed by atoms with Crippen LogP contribution < -0.4 is 9.62 Å². The van der Waals surface area contributed by atoms with Crippen LogP contribution in [-0.4, -0.2) is 32.2 Å². The molecule has 7 heteroatoms. The van der Waals surface area contributed by atoms with Crippen LogP contribution in [0.15, 0.2) is 23.1 Å². The Kier molecular flexibility index (Phi) is 3.16. The number of sulfonamides is 1. The van der Waals surface area contributed by atoms with E-state index in [0.717, 1.165) is 18.7 Å². The van der Waals surface area contributed by atoms with Crippen molar-refractivity contribution in [2.75, 3.05) is 23.2 Å². The van der Waals surface area contributed by atoms with Crippen LogP contribution in [0.3, 0.4) is 0 Å². The van der Waals surface area contributed by atoms with E-state index in [0.29, 0.717) is 17.1 Å². The highest BCUT2D eigenvalue weighted by molar-refractivity contribution is 7.92. The Labute approximate surface area is 124 Å². The highest BCUT2D eigenvalue weighted by Gasteiger charge is 2.23. The number of aromatic nitrogens is 2. The van der Waals surface area contributed by atoms with Gasteiger partial charge in [0, 0.05) is 25.0 Å². The van der Waals surface area contributed by atoms with Crippen LogP contribution in [0.1, 0.15) is 17.0 Å². The molecule has 3 rings (SSSR count). The Morgan fingerprint density at radius 1 is 1.33 bits per heavy atom. The van der Waals surface area contributed by atoms with Crippen molar-refractivity contribution in [1.82, 2.24) is 10.2 Å². The van der Waals surface area contributed by atoms with Crippen LogP contribution >= 0.6 is 0 Å². The van der Waals surface area contributed by atoms with Gasteiger partial charge in [-0.1, -0.05) is 0 Å². The molecule has 1 aromatic carbocycles. The van der Waals surface area contributed by atoms with Crippen LogP contribution in [0.25, 0.3) is 0 Å². The van der Waals surface area contributed by atoms with Gasteiger partial charge in [-0.3, -0.25) is 9.82 Å². The first-order chi connectivity index (χ1) is 9.88. The molecular weight excluding hydrogens is 288 g/mol. The number of aryl methyl sites for hydroxylation is 2. The third-order valence-electron chi connectivity index (χ3n) is 3.79. The number of nitrogens with zero attached hydrogens (tertiary/aromatic N) is 2. The smallest absolute Gasteiger partial charge is 0.265 e. The van der Waals surface area contributed by atoms with Gasteiger partial charge in [0.05, 0.1) is 11.4 Å². The predicted octanol–water partition coefficient (Wildman–Crippen LogP) is 1.82. The number of nitrogens with one attached hydrogen (secondary N) is 2. The third kappa shape index (κ3) is 2.37. The van der Waals surface area contributed by atoms with Crippen molar-refractivity contribution >= 4 is 21.4 Å². The van der Waals surface area contributed by atoms with E-state index in [2.05, 4.69) is 19.8 Å². The quantitative estimate of drug-likeness (QED) is 0.906. The molecule has 21 heavy (non-hydrogen) atoms. The second kappa shape index (κ2) is 4.77. The van der Waals surface area contributed by atoms with Gasteiger partial charge in [-0.05, 0) is 44.0 Å². The van der Waals surface area contributed by atoms with Crippen LogP contribution in [0.2, 0.25) is 0 Å². The molecule has 0 amide bonds. The monoisotopic (exact) mass is 306 g/mol. The summed E-state index contributed by atoms with van der Waals surface area (Å²) in [5.41, 5.74) is 3.93. The van der Waals surface area contributed by atoms with Gasteiger partial charge in [-0.25, -0.2) is 8.42 Å². The van der Waals surface area contributed by atoms with Gasteiger partial charge in [0.15, 0.2) is 0 Å². The lowest BCUT2D eigenvalue weighted by Gasteiger charge is -2.13. The Balaban J connectivity index is 1.94. The summed E-state index contributed by atoms with van der Waals surface area (Å²) in [5.74, 6) is 0. The molecule has 6 nitrogen and oxygen atoms in total. The van der Waals surface area contributed by atoms with Gasteiger partial charge < -0.3 is 4.90 Å². The van der Waals surface area contributed by atoms with Crippen molar-refractivity contribution in [2.24, 2.45) is 0 Å². The van der Waals surface area contributed by atoms with E-state index < -0.39 is 10.0 Å². The summed E-state index contributed by atoms with van der Waals surface area (Å²) < 4.78 is 27.6. The summed E-state index contributed by atoms with van der Waals surface area (Å²) in [6.45, 7) is 4.34. The fraction of sp³-hybridized carbons (Fsp3) is 0.357. The van der Waals surface area contributed by atoms with Crippen molar-refractivity contribution in [1.29, 1.82) is 0 Å². The molecular formula is C14H18N4O2S. The van der Waals surface area contributed by atoms with E-state index in [9.17, 15) is 8.42 Å². The predicted molar refractivity (Wildman–Crippen MR) is 82.3 cm³/mol. The van der Waals surface area contributed by atoms with Crippen LogP contribution in [0, 0.1) is 13.8 Å². The zero-order valence-electron chi connectivity index (χ0n) is 12.3. The third-order valence-corrected chi connectivity index (χ3v) is 5.43. The van der Waals surface area contributed by atoms with Crippen molar-refractivity contribution in [3.05, 3.63) is 35.2 Å². The van der Waals surface area contributed by atoms with Gasteiger partial charge in [0.1, 0.15) is 4.90 Å². The molecule has 0 bridgehead atoms. The summed E-state index contributed by atoms with van der Waals surface area (Å²) in [4.78, 5) is 2.39. The van der Waals surface area contributed by atoms with Crippen LogP contribution in [-0.2, 0) is 16.4 Å². The first-order valence-electron chi connectivity index (χ1n) is 6.77. The average Bonchev–Trinajstić information content (AvgIpc) is 2.93. The number of benzene rings is 1. The lowest BCUT2D eigenvalue weighted by atomic mass is 10.1. The molecule has 112 valence electrons. The standard InChI is InChI=1S/C14H18N4O2S/c1-9-14(10(2)16-15-9)21(19,20)17-12-4-5-13-11(8-12)6-7-18(13)3/h4-5,8,17H,6-7H2,1-3H3,(H,15,16). The minimum absolute atomic E-state index is 0.222. The van der Waals surface area contributed by atoms with E-state index in [1.165, 1.54) is 5.56 Å². The average molecular weight is 306 g/mol. The highest BCUT2D eigenvalue weighted by atomic mass is 32.2. The Morgan fingerprint density at radius 3 is 2.76 bits per heavy atom. The number of likely N-dealkylation sites (N-methyl/N-ethyl adjacent to an activating group) is 1. The number of rotatable bonds is 3. The molecule has 1 aromatic heterocycles. The first-order valence-corrected chi connectivity index (χ1v) is 8.25. The summed E-state index contributed by atoms with van der Waals surface area (Å²) in [5, 5.41) is 6.64. The fourth-order valence-corrected chi connectivity index (χ4v) is 4.20. The normalized spacial score (nSPS) is 14.3. The molecule has 0 fully saturated rings.